The normalized spacial score (nSPS) is 12.5. The molecule has 3 heterocycles. The molecule has 3 aromatic heterocycles. The van der Waals surface area contributed by atoms with Gasteiger partial charge in [0.05, 0.1) is 6.54 Å². The summed E-state index contributed by atoms with van der Waals surface area (Å²) in [5, 5.41) is 13.8. The number of halogens is 3. The number of nitrogens with zero attached hydrogens (tertiary/aromatic N) is 6. The fourth-order valence-corrected chi connectivity index (χ4v) is 2.52. The van der Waals surface area contributed by atoms with E-state index in [0.717, 1.165) is 4.68 Å². The SMILES string of the molecule is CC(C(=O)NCCn1nc(-n2cccn2)ccc1=O)n1nc(C(F)(F)F)ccc1=O. The molecule has 0 aromatic carbocycles. The van der Waals surface area contributed by atoms with Crippen molar-refractivity contribution in [2.24, 2.45) is 0 Å². The molecule has 0 aliphatic rings. The maximum absolute atomic E-state index is 12.8. The van der Waals surface area contributed by atoms with Crippen LogP contribution in [0.3, 0.4) is 0 Å². The zero-order chi connectivity index (χ0) is 21.9. The molecule has 0 aliphatic carbocycles. The summed E-state index contributed by atoms with van der Waals surface area (Å²) in [5.74, 6) is -0.348. The van der Waals surface area contributed by atoms with Gasteiger partial charge in [-0.1, -0.05) is 0 Å². The summed E-state index contributed by atoms with van der Waals surface area (Å²) >= 11 is 0. The van der Waals surface area contributed by atoms with Crippen molar-refractivity contribution in [2.75, 3.05) is 6.54 Å². The van der Waals surface area contributed by atoms with Crippen molar-refractivity contribution in [1.29, 1.82) is 0 Å². The molecule has 30 heavy (non-hydrogen) atoms. The predicted octanol–water partition coefficient (Wildman–Crippen LogP) is 0.382. The summed E-state index contributed by atoms with van der Waals surface area (Å²) in [4.78, 5) is 36.0. The summed E-state index contributed by atoms with van der Waals surface area (Å²) in [6.07, 6.45) is -1.57. The molecule has 13 heteroatoms. The average molecular weight is 423 g/mol. The van der Waals surface area contributed by atoms with Crippen LogP contribution in [0.25, 0.3) is 5.82 Å². The van der Waals surface area contributed by atoms with Gasteiger partial charge in [0.2, 0.25) is 5.91 Å². The molecule has 0 radical (unpaired) electrons. The predicted molar refractivity (Wildman–Crippen MR) is 96.8 cm³/mol. The number of amides is 1. The van der Waals surface area contributed by atoms with Gasteiger partial charge in [0.15, 0.2) is 11.5 Å². The summed E-state index contributed by atoms with van der Waals surface area (Å²) < 4.78 is 41.4. The Hall–Kier alpha value is -3.77. The largest absolute Gasteiger partial charge is 0.435 e. The van der Waals surface area contributed by atoms with Crippen molar-refractivity contribution < 1.29 is 18.0 Å². The van der Waals surface area contributed by atoms with Gasteiger partial charge in [-0.15, -0.1) is 5.10 Å². The molecule has 0 bridgehead atoms. The molecule has 1 N–H and O–H groups in total. The van der Waals surface area contributed by atoms with Gasteiger partial charge in [-0.05, 0) is 25.1 Å². The number of hydrogen-bond donors (Lipinski definition) is 1. The Morgan fingerprint density at radius 2 is 1.87 bits per heavy atom. The van der Waals surface area contributed by atoms with E-state index < -0.39 is 34.9 Å². The Kier molecular flexibility index (Phi) is 5.80. The first-order valence-electron chi connectivity index (χ1n) is 8.70. The third kappa shape index (κ3) is 4.61. The lowest BCUT2D eigenvalue weighted by atomic mass is 10.3. The van der Waals surface area contributed by atoms with Gasteiger partial charge in [-0.3, -0.25) is 14.4 Å². The number of nitrogens with one attached hydrogen (secondary N) is 1. The number of carbonyl (C=O) groups is 1. The first-order valence-corrected chi connectivity index (χ1v) is 8.70. The van der Waals surface area contributed by atoms with E-state index in [1.54, 1.807) is 18.5 Å². The van der Waals surface area contributed by atoms with Crippen LogP contribution >= 0.6 is 0 Å². The van der Waals surface area contributed by atoms with E-state index in [0.29, 0.717) is 22.6 Å². The number of carbonyl (C=O) groups excluding carboxylic acids is 1. The number of alkyl halides is 3. The van der Waals surface area contributed by atoms with Crippen molar-refractivity contribution in [2.45, 2.75) is 25.7 Å². The Morgan fingerprint density at radius 3 is 2.53 bits per heavy atom. The van der Waals surface area contributed by atoms with Crippen LogP contribution < -0.4 is 16.4 Å². The molecule has 0 saturated carbocycles. The number of aromatic nitrogens is 6. The summed E-state index contributed by atoms with van der Waals surface area (Å²) in [7, 11) is 0. The zero-order valence-electron chi connectivity index (χ0n) is 15.6. The molecule has 0 aliphatic heterocycles. The van der Waals surface area contributed by atoms with E-state index in [4.69, 9.17) is 0 Å². The molecule has 0 spiro atoms. The van der Waals surface area contributed by atoms with E-state index in [-0.39, 0.29) is 13.1 Å². The Balaban J connectivity index is 1.67. The van der Waals surface area contributed by atoms with Gasteiger partial charge in [-0.25, -0.2) is 14.0 Å². The molecule has 1 amide bonds. The van der Waals surface area contributed by atoms with Crippen molar-refractivity contribution in [1.82, 2.24) is 34.7 Å². The number of rotatable bonds is 6. The third-order valence-electron chi connectivity index (χ3n) is 4.08. The fourth-order valence-electron chi connectivity index (χ4n) is 2.52. The maximum Gasteiger partial charge on any atom is 0.435 e. The van der Waals surface area contributed by atoms with Gasteiger partial charge >= 0.3 is 6.18 Å². The molecule has 3 aromatic rings. The lowest BCUT2D eigenvalue weighted by Gasteiger charge is -2.16. The zero-order valence-corrected chi connectivity index (χ0v) is 15.6. The van der Waals surface area contributed by atoms with E-state index in [2.05, 4.69) is 20.6 Å². The lowest BCUT2D eigenvalue weighted by molar-refractivity contribution is -0.143. The van der Waals surface area contributed by atoms with Gasteiger partial charge in [-0.2, -0.15) is 23.4 Å². The van der Waals surface area contributed by atoms with Crippen LogP contribution in [0.1, 0.15) is 18.7 Å². The van der Waals surface area contributed by atoms with Gasteiger partial charge < -0.3 is 5.32 Å². The third-order valence-corrected chi connectivity index (χ3v) is 4.08. The molecule has 0 fully saturated rings. The lowest BCUT2D eigenvalue weighted by Crippen LogP contribution is -2.39. The second-order valence-electron chi connectivity index (χ2n) is 6.17. The van der Waals surface area contributed by atoms with Gasteiger partial charge in [0.25, 0.3) is 11.1 Å². The first kappa shape index (κ1) is 21.0. The molecule has 3 rings (SSSR count). The highest BCUT2D eigenvalue weighted by Gasteiger charge is 2.34. The van der Waals surface area contributed by atoms with Crippen LogP contribution in [-0.2, 0) is 17.5 Å². The number of hydrogen-bond acceptors (Lipinski definition) is 6. The Morgan fingerprint density at radius 1 is 1.13 bits per heavy atom. The summed E-state index contributed by atoms with van der Waals surface area (Å²) in [6, 6.07) is 4.42. The minimum atomic E-state index is -4.75. The minimum absolute atomic E-state index is 0.00266. The Labute approximate surface area is 166 Å². The highest BCUT2D eigenvalue weighted by Crippen LogP contribution is 2.26. The molecule has 1 unspecified atom stereocenters. The monoisotopic (exact) mass is 423 g/mol. The second kappa shape index (κ2) is 8.31. The van der Waals surface area contributed by atoms with E-state index in [9.17, 15) is 27.6 Å². The van der Waals surface area contributed by atoms with Gasteiger partial charge in [0.1, 0.15) is 6.04 Å². The van der Waals surface area contributed by atoms with Crippen molar-refractivity contribution in [3.63, 3.8) is 0 Å². The highest BCUT2D eigenvalue weighted by molar-refractivity contribution is 5.79. The van der Waals surface area contributed by atoms with Crippen molar-refractivity contribution in [3.05, 3.63) is 69.1 Å². The minimum Gasteiger partial charge on any atom is -0.352 e. The van der Waals surface area contributed by atoms with E-state index in [1.807, 2.05) is 0 Å². The summed E-state index contributed by atoms with van der Waals surface area (Å²) in [6.45, 7) is 1.19. The van der Waals surface area contributed by atoms with Crippen LogP contribution in [0.2, 0.25) is 0 Å². The molecule has 1 atom stereocenters. The Bertz CT molecular complexity index is 1150. The van der Waals surface area contributed by atoms with Crippen LogP contribution in [-0.4, -0.2) is 41.8 Å². The standard InChI is InChI=1S/C17H16F3N7O3/c1-11(27-15(29)5-3-12(23-27)17(18,19)20)16(30)21-8-10-26-14(28)6-4-13(24-26)25-9-2-7-22-25/h2-7,9,11H,8,10H2,1H3,(H,21,30). The quantitative estimate of drug-likeness (QED) is 0.613. The topological polar surface area (TPSA) is 117 Å². The molecular weight excluding hydrogens is 407 g/mol. The summed E-state index contributed by atoms with van der Waals surface area (Å²) in [5.41, 5.74) is -2.55. The highest BCUT2D eigenvalue weighted by atomic mass is 19.4. The van der Waals surface area contributed by atoms with E-state index >= 15 is 0 Å². The van der Waals surface area contributed by atoms with Crippen LogP contribution in [0, 0.1) is 0 Å². The molecular formula is C17H16F3N7O3. The first-order chi connectivity index (χ1) is 14.2. The van der Waals surface area contributed by atoms with Crippen molar-refractivity contribution >= 4 is 5.91 Å². The van der Waals surface area contributed by atoms with Crippen LogP contribution in [0.4, 0.5) is 13.2 Å². The maximum atomic E-state index is 12.8. The molecule has 0 saturated heterocycles. The smallest absolute Gasteiger partial charge is 0.352 e. The second-order valence-corrected chi connectivity index (χ2v) is 6.17. The van der Waals surface area contributed by atoms with Crippen molar-refractivity contribution in [3.8, 4) is 5.82 Å². The molecule has 158 valence electrons. The van der Waals surface area contributed by atoms with E-state index in [1.165, 1.54) is 23.7 Å². The van der Waals surface area contributed by atoms with Crippen LogP contribution in [0.15, 0.2) is 52.3 Å². The van der Waals surface area contributed by atoms with Gasteiger partial charge in [0, 0.05) is 31.1 Å². The average Bonchev–Trinajstić information content (AvgIpc) is 3.23. The fraction of sp³-hybridized carbons (Fsp3) is 0.294. The van der Waals surface area contributed by atoms with Crippen LogP contribution in [0.5, 0.6) is 0 Å². The molecule has 10 nitrogen and oxygen atoms in total.